The van der Waals surface area contributed by atoms with Crippen LogP contribution in [-0.2, 0) is 0 Å². The lowest BCUT2D eigenvalue weighted by molar-refractivity contribution is 0.356. The van der Waals surface area contributed by atoms with Gasteiger partial charge in [0, 0.05) is 10.5 Å². The average molecular weight is 303 g/mol. The number of nitrogens with two attached hydrogens (primary N) is 1. The van der Waals surface area contributed by atoms with E-state index in [2.05, 4.69) is 21.1 Å². The summed E-state index contributed by atoms with van der Waals surface area (Å²) in [5, 5.41) is 13.0. The summed E-state index contributed by atoms with van der Waals surface area (Å²) in [5.41, 5.74) is 5.42. The van der Waals surface area contributed by atoms with E-state index < -0.39 is 11.6 Å². The summed E-state index contributed by atoms with van der Waals surface area (Å²) in [6, 6.07) is 2.78. The molecule has 1 heterocycles. The Kier molecular flexibility index (Phi) is 2.93. The number of phenols is 1. The number of ether oxygens (including phenoxy) is 1. The van der Waals surface area contributed by atoms with Crippen LogP contribution in [0.25, 0.3) is 11.3 Å². The molecule has 0 saturated heterocycles. The number of halogens is 2. The molecule has 0 atom stereocenters. The monoisotopic (exact) mass is 302 g/mol. The van der Waals surface area contributed by atoms with E-state index in [1.165, 1.54) is 19.2 Å². The Hall–Kier alpha value is -1.76. The van der Waals surface area contributed by atoms with Crippen molar-refractivity contribution in [3.63, 3.8) is 0 Å². The molecule has 0 radical (unpaired) electrons. The number of anilines is 1. The molecule has 0 unspecified atom stereocenters. The van der Waals surface area contributed by atoms with E-state index in [4.69, 9.17) is 15.0 Å². The fourth-order valence-corrected chi connectivity index (χ4v) is 1.95. The van der Waals surface area contributed by atoms with Crippen molar-refractivity contribution in [3.8, 4) is 22.8 Å². The standard InChI is InChI=1S/C10H8BrFN2O3/c1-16-6-2-4(11)8(9(12)10(6)15)5-3-7(13)14-17-5/h2-3,15H,1H3,(H2,13,14). The van der Waals surface area contributed by atoms with Gasteiger partial charge in [0.15, 0.2) is 28.9 Å². The molecule has 0 aliphatic carbocycles. The zero-order chi connectivity index (χ0) is 12.6. The largest absolute Gasteiger partial charge is 0.502 e. The fourth-order valence-electron chi connectivity index (χ4n) is 1.38. The maximum absolute atomic E-state index is 13.9. The molecule has 0 spiro atoms. The molecule has 0 bridgehead atoms. The minimum absolute atomic E-state index is 0.0191. The molecule has 0 fully saturated rings. The summed E-state index contributed by atoms with van der Waals surface area (Å²) in [5.74, 6) is -1.20. The summed E-state index contributed by atoms with van der Waals surface area (Å²) in [4.78, 5) is 0. The van der Waals surface area contributed by atoms with E-state index in [1.807, 2.05) is 0 Å². The highest BCUT2D eigenvalue weighted by molar-refractivity contribution is 9.10. The van der Waals surface area contributed by atoms with Crippen LogP contribution in [0.5, 0.6) is 11.5 Å². The van der Waals surface area contributed by atoms with Crippen molar-refractivity contribution in [1.82, 2.24) is 5.16 Å². The van der Waals surface area contributed by atoms with Crippen LogP contribution >= 0.6 is 15.9 Å². The molecule has 5 nitrogen and oxygen atoms in total. The molecule has 0 amide bonds. The molecule has 17 heavy (non-hydrogen) atoms. The van der Waals surface area contributed by atoms with Gasteiger partial charge in [-0.2, -0.15) is 0 Å². The zero-order valence-electron chi connectivity index (χ0n) is 8.70. The predicted molar refractivity (Wildman–Crippen MR) is 62.2 cm³/mol. The number of benzene rings is 1. The van der Waals surface area contributed by atoms with Crippen molar-refractivity contribution in [2.45, 2.75) is 0 Å². The Morgan fingerprint density at radius 1 is 1.53 bits per heavy atom. The second-order valence-electron chi connectivity index (χ2n) is 3.21. The van der Waals surface area contributed by atoms with Crippen molar-refractivity contribution < 1.29 is 18.8 Å². The van der Waals surface area contributed by atoms with Crippen LogP contribution in [0.4, 0.5) is 10.2 Å². The smallest absolute Gasteiger partial charge is 0.195 e. The number of nitrogen functional groups attached to an aromatic ring is 1. The Morgan fingerprint density at radius 2 is 2.24 bits per heavy atom. The van der Waals surface area contributed by atoms with Gasteiger partial charge < -0.3 is 20.1 Å². The first-order chi connectivity index (χ1) is 8.04. The van der Waals surface area contributed by atoms with Crippen molar-refractivity contribution >= 4 is 21.7 Å². The van der Waals surface area contributed by atoms with Gasteiger partial charge in [-0.3, -0.25) is 0 Å². The van der Waals surface area contributed by atoms with Gasteiger partial charge in [0.05, 0.1) is 12.7 Å². The van der Waals surface area contributed by atoms with Gasteiger partial charge in [-0.15, -0.1) is 0 Å². The third-order valence-electron chi connectivity index (χ3n) is 2.15. The summed E-state index contributed by atoms with van der Waals surface area (Å²) >= 11 is 3.16. The molecule has 3 N–H and O–H groups in total. The first kappa shape index (κ1) is 11.7. The highest BCUT2D eigenvalue weighted by Crippen LogP contribution is 2.41. The maximum atomic E-state index is 13.9. The molecule has 90 valence electrons. The summed E-state index contributed by atoms with van der Waals surface area (Å²) in [7, 11) is 1.33. The van der Waals surface area contributed by atoms with Crippen LogP contribution in [0, 0.1) is 5.82 Å². The van der Waals surface area contributed by atoms with Crippen molar-refractivity contribution in [1.29, 1.82) is 0 Å². The number of methoxy groups -OCH3 is 1. The minimum Gasteiger partial charge on any atom is -0.502 e. The zero-order valence-corrected chi connectivity index (χ0v) is 10.3. The van der Waals surface area contributed by atoms with E-state index in [9.17, 15) is 9.50 Å². The van der Waals surface area contributed by atoms with Gasteiger partial charge in [0.2, 0.25) is 0 Å². The molecule has 0 saturated carbocycles. The predicted octanol–water partition coefficient (Wildman–Crippen LogP) is 2.54. The fraction of sp³-hybridized carbons (Fsp3) is 0.100. The molecule has 0 aliphatic heterocycles. The average Bonchev–Trinajstić information content (AvgIpc) is 2.70. The lowest BCUT2D eigenvalue weighted by Crippen LogP contribution is -1.91. The summed E-state index contributed by atoms with van der Waals surface area (Å²) in [6.07, 6.45) is 0. The van der Waals surface area contributed by atoms with Gasteiger partial charge in [0.25, 0.3) is 0 Å². The summed E-state index contributed by atoms with van der Waals surface area (Å²) in [6.45, 7) is 0. The SMILES string of the molecule is COc1cc(Br)c(-c2cc(N)no2)c(F)c1O. The molecule has 2 rings (SSSR count). The van der Waals surface area contributed by atoms with Crippen LogP contribution in [0.1, 0.15) is 0 Å². The molecular formula is C10H8BrFN2O3. The second-order valence-corrected chi connectivity index (χ2v) is 4.07. The number of aromatic hydroxyl groups is 1. The van der Waals surface area contributed by atoms with Crippen molar-refractivity contribution in [3.05, 3.63) is 22.4 Å². The van der Waals surface area contributed by atoms with E-state index >= 15 is 0 Å². The first-order valence-electron chi connectivity index (χ1n) is 4.52. The lowest BCUT2D eigenvalue weighted by Gasteiger charge is -2.08. The van der Waals surface area contributed by atoms with Gasteiger partial charge in [-0.05, 0) is 22.0 Å². The van der Waals surface area contributed by atoms with Crippen LogP contribution < -0.4 is 10.5 Å². The van der Waals surface area contributed by atoms with E-state index in [0.29, 0.717) is 4.47 Å². The van der Waals surface area contributed by atoms with Crippen molar-refractivity contribution in [2.24, 2.45) is 0 Å². The van der Waals surface area contributed by atoms with Crippen LogP contribution in [-0.4, -0.2) is 17.4 Å². The van der Waals surface area contributed by atoms with Crippen LogP contribution in [0.3, 0.4) is 0 Å². The number of phenolic OH excluding ortho intramolecular Hbond substituents is 1. The molecule has 1 aromatic heterocycles. The molecule has 0 aliphatic rings. The van der Waals surface area contributed by atoms with Crippen LogP contribution in [0.15, 0.2) is 21.1 Å². The minimum atomic E-state index is -0.868. The quantitative estimate of drug-likeness (QED) is 0.891. The number of aromatic nitrogens is 1. The topological polar surface area (TPSA) is 81.5 Å². The normalized spacial score (nSPS) is 10.5. The van der Waals surface area contributed by atoms with E-state index in [0.717, 1.165) is 0 Å². The molecular weight excluding hydrogens is 295 g/mol. The number of nitrogens with zero attached hydrogens (tertiary/aromatic N) is 1. The van der Waals surface area contributed by atoms with Gasteiger partial charge in [-0.25, -0.2) is 4.39 Å². The molecule has 1 aromatic carbocycles. The molecule has 7 heteroatoms. The van der Waals surface area contributed by atoms with Gasteiger partial charge in [-0.1, -0.05) is 5.16 Å². The Balaban J connectivity index is 2.66. The first-order valence-corrected chi connectivity index (χ1v) is 5.31. The Morgan fingerprint density at radius 3 is 2.76 bits per heavy atom. The van der Waals surface area contributed by atoms with Gasteiger partial charge in [0.1, 0.15) is 0 Å². The summed E-state index contributed by atoms with van der Waals surface area (Å²) < 4.78 is 23.9. The lowest BCUT2D eigenvalue weighted by atomic mass is 10.1. The van der Waals surface area contributed by atoms with Gasteiger partial charge >= 0.3 is 0 Å². The third-order valence-corrected chi connectivity index (χ3v) is 2.78. The number of hydrogen-bond donors (Lipinski definition) is 2. The van der Waals surface area contributed by atoms with Crippen LogP contribution in [0.2, 0.25) is 0 Å². The Labute approximate surface area is 104 Å². The van der Waals surface area contributed by atoms with Crippen molar-refractivity contribution in [2.75, 3.05) is 12.8 Å². The molecule has 2 aromatic rings. The highest BCUT2D eigenvalue weighted by Gasteiger charge is 2.21. The number of rotatable bonds is 2. The second kappa shape index (κ2) is 4.25. The number of hydrogen-bond acceptors (Lipinski definition) is 5. The Bertz CT molecular complexity index is 571. The third kappa shape index (κ3) is 1.93. The van der Waals surface area contributed by atoms with E-state index in [1.54, 1.807) is 0 Å². The maximum Gasteiger partial charge on any atom is 0.195 e. The van der Waals surface area contributed by atoms with E-state index in [-0.39, 0.29) is 22.9 Å². The highest BCUT2D eigenvalue weighted by atomic mass is 79.9.